The minimum atomic E-state index is -0.776. The lowest BCUT2D eigenvalue weighted by Gasteiger charge is -2.20. The smallest absolute Gasteiger partial charge is 0.328 e. The van der Waals surface area contributed by atoms with E-state index in [0.29, 0.717) is 0 Å². The first-order valence-electron chi connectivity index (χ1n) is 5.80. The van der Waals surface area contributed by atoms with Crippen LogP contribution in [0.2, 0.25) is 0 Å². The van der Waals surface area contributed by atoms with E-state index >= 15 is 0 Å². The molecule has 0 aliphatic carbocycles. The van der Waals surface area contributed by atoms with Crippen molar-refractivity contribution < 1.29 is 18.7 Å². The molecule has 0 radical (unpaired) electrons. The Labute approximate surface area is 110 Å². The summed E-state index contributed by atoms with van der Waals surface area (Å²) in [6, 6.07) is 2.68. The quantitative estimate of drug-likeness (QED) is 0.637. The van der Waals surface area contributed by atoms with E-state index < -0.39 is 23.7 Å². The third-order valence-corrected chi connectivity index (χ3v) is 2.67. The lowest BCUT2D eigenvalue weighted by atomic mass is 10.0. The zero-order valence-corrected chi connectivity index (χ0v) is 11.1. The molecule has 19 heavy (non-hydrogen) atoms. The molecule has 0 aliphatic rings. The molecule has 104 valence electrons. The minimum absolute atomic E-state index is 0.0184. The number of anilines is 1. The molecule has 3 N–H and O–H groups in total. The van der Waals surface area contributed by atoms with Crippen molar-refractivity contribution in [1.29, 1.82) is 0 Å². The number of hydrogen-bond acceptors (Lipinski definition) is 4. The van der Waals surface area contributed by atoms with E-state index in [-0.39, 0.29) is 17.2 Å². The molecule has 0 aromatic heterocycles. The molecule has 1 unspecified atom stereocenters. The zero-order chi connectivity index (χ0) is 14.6. The zero-order valence-electron chi connectivity index (χ0n) is 11.1. The molecule has 1 rings (SSSR count). The largest absolute Gasteiger partial charge is 0.467 e. The van der Waals surface area contributed by atoms with Crippen molar-refractivity contribution in [2.45, 2.75) is 19.9 Å². The normalized spacial score (nSPS) is 12.1. The van der Waals surface area contributed by atoms with E-state index in [9.17, 15) is 14.0 Å². The number of carbonyl (C=O) groups excluding carboxylic acids is 2. The van der Waals surface area contributed by atoms with Crippen molar-refractivity contribution in [3.63, 3.8) is 0 Å². The Morgan fingerprint density at radius 3 is 2.47 bits per heavy atom. The second-order valence-electron chi connectivity index (χ2n) is 4.45. The number of nitrogens with two attached hydrogens (primary N) is 1. The van der Waals surface area contributed by atoms with Gasteiger partial charge < -0.3 is 15.8 Å². The molecular formula is C13H17FN2O3. The summed E-state index contributed by atoms with van der Waals surface area (Å²) in [6.45, 7) is 3.55. The van der Waals surface area contributed by atoms with Crippen molar-refractivity contribution in [3.8, 4) is 0 Å². The SMILES string of the molecule is COC(=O)C(NC(=O)c1ccc(F)cc1N)C(C)C. The number of carbonyl (C=O) groups is 2. The molecule has 1 aromatic carbocycles. The van der Waals surface area contributed by atoms with Gasteiger partial charge in [-0.1, -0.05) is 13.8 Å². The van der Waals surface area contributed by atoms with E-state index in [2.05, 4.69) is 10.1 Å². The predicted octanol–water partition coefficient (Wildman–Crippen LogP) is 1.34. The summed E-state index contributed by atoms with van der Waals surface area (Å²) in [7, 11) is 1.25. The molecule has 0 bridgehead atoms. The summed E-state index contributed by atoms with van der Waals surface area (Å²) in [5.74, 6) is -1.74. The van der Waals surface area contributed by atoms with Crippen LogP contribution in [-0.2, 0) is 9.53 Å². The number of nitrogens with one attached hydrogen (secondary N) is 1. The van der Waals surface area contributed by atoms with Crippen molar-refractivity contribution in [2.75, 3.05) is 12.8 Å². The maximum atomic E-state index is 12.9. The number of ether oxygens (including phenoxy) is 1. The van der Waals surface area contributed by atoms with Crippen LogP contribution in [0.1, 0.15) is 24.2 Å². The van der Waals surface area contributed by atoms with E-state index in [1.54, 1.807) is 13.8 Å². The summed E-state index contributed by atoms with van der Waals surface area (Å²) in [5, 5.41) is 2.53. The Balaban J connectivity index is 2.91. The summed E-state index contributed by atoms with van der Waals surface area (Å²) in [6.07, 6.45) is 0. The molecule has 6 heteroatoms. The van der Waals surface area contributed by atoms with Crippen molar-refractivity contribution in [3.05, 3.63) is 29.6 Å². The molecule has 0 saturated carbocycles. The maximum Gasteiger partial charge on any atom is 0.328 e. The van der Waals surface area contributed by atoms with E-state index in [0.717, 1.165) is 12.1 Å². The molecule has 0 spiro atoms. The number of nitrogen functional groups attached to an aromatic ring is 1. The van der Waals surface area contributed by atoms with Crippen LogP contribution in [0, 0.1) is 11.7 Å². The molecule has 0 heterocycles. The summed E-state index contributed by atoms with van der Waals surface area (Å²) in [4.78, 5) is 23.5. The lowest BCUT2D eigenvalue weighted by molar-refractivity contribution is -0.144. The number of esters is 1. The predicted molar refractivity (Wildman–Crippen MR) is 68.9 cm³/mol. The van der Waals surface area contributed by atoms with Crippen molar-refractivity contribution >= 4 is 17.6 Å². The number of benzene rings is 1. The lowest BCUT2D eigenvalue weighted by Crippen LogP contribution is -2.45. The molecule has 0 aliphatic heterocycles. The fourth-order valence-electron chi connectivity index (χ4n) is 1.58. The Bertz CT molecular complexity index is 489. The number of rotatable bonds is 4. The van der Waals surface area contributed by atoms with Crippen LogP contribution in [0.4, 0.5) is 10.1 Å². The molecule has 0 fully saturated rings. The molecule has 1 atom stereocenters. The Hall–Kier alpha value is -2.11. The minimum Gasteiger partial charge on any atom is -0.467 e. The van der Waals surface area contributed by atoms with Gasteiger partial charge in [-0.2, -0.15) is 0 Å². The Kier molecular flexibility index (Phi) is 4.86. The Morgan fingerprint density at radius 2 is 2.00 bits per heavy atom. The van der Waals surface area contributed by atoms with Gasteiger partial charge in [0, 0.05) is 5.69 Å². The first kappa shape index (κ1) is 14.9. The number of methoxy groups -OCH3 is 1. The summed E-state index contributed by atoms with van der Waals surface area (Å²) < 4.78 is 17.5. The van der Waals surface area contributed by atoms with Crippen molar-refractivity contribution in [1.82, 2.24) is 5.32 Å². The highest BCUT2D eigenvalue weighted by atomic mass is 19.1. The fourth-order valence-corrected chi connectivity index (χ4v) is 1.58. The van der Waals surface area contributed by atoms with Crippen LogP contribution in [0.25, 0.3) is 0 Å². The van der Waals surface area contributed by atoms with Gasteiger partial charge in [-0.05, 0) is 24.1 Å². The molecule has 0 saturated heterocycles. The van der Waals surface area contributed by atoms with Gasteiger partial charge in [0.25, 0.3) is 5.91 Å². The monoisotopic (exact) mass is 268 g/mol. The molecule has 5 nitrogen and oxygen atoms in total. The first-order chi connectivity index (χ1) is 8.86. The summed E-state index contributed by atoms with van der Waals surface area (Å²) >= 11 is 0. The third kappa shape index (κ3) is 3.67. The van der Waals surface area contributed by atoms with Gasteiger partial charge >= 0.3 is 5.97 Å². The van der Waals surface area contributed by atoms with Crippen LogP contribution in [0.3, 0.4) is 0 Å². The highest BCUT2D eigenvalue weighted by Crippen LogP contribution is 2.14. The van der Waals surface area contributed by atoms with E-state index in [1.165, 1.54) is 13.2 Å². The molecule has 1 amide bonds. The van der Waals surface area contributed by atoms with E-state index in [4.69, 9.17) is 5.73 Å². The fraction of sp³-hybridized carbons (Fsp3) is 0.385. The third-order valence-electron chi connectivity index (χ3n) is 2.67. The summed E-state index contributed by atoms with van der Waals surface area (Å²) in [5.41, 5.74) is 5.71. The van der Waals surface area contributed by atoms with Crippen LogP contribution in [0.5, 0.6) is 0 Å². The Morgan fingerprint density at radius 1 is 1.37 bits per heavy atom. The second kappa shape index (κ2) is 6.17. The molecular weight excluding hydrogens is 251 g/mol. The number of amides is 1. The van der Waals surface area contributed by atoms with Gasteiger partial charge in [0.2, 0.25) is 0 Å². The van der Waals surface area contributed by atoms with E-state index in [1.807, 2.05) is 0 Å². The van der Waals surface area contributed by atoms with Crippen LogP contribution in [-0.4, -0.2) is 25.0 Å². The van der Waals surface area contributed by atoms with Crippen LogP contribution < -0.4 is 11.1 Å². The van der Waals surface area contributed by atoms with Crippen LogP contribution >= 0.6 is 0 Å². The standard InChI is InChI=1S/C13H17FN2O3/c1-7(2)11(13(18)19-3)16-12(17)9-5-4-8(14)6-10(9)15/h4-7,11H,15H2,1-3H3,(H,16,17). The maximum absolute atomic E-state index is 12.9. The number of hydrogen-bond donors (Lipinski definition) is 2. The van der Waals surface area contributed by atoms with Gasteiger partial charge in [0.15, 0.2) is 0 Å². The van der Waals surface area contributed by atoms with Gasteiger partial charge in [-0.25, -0.2) is 9.18 Å². The van der Waals surface area contributed by atoms with Crippen LogP contribution in [0.15, 0.2) is 18.2 Å². The molecule has 1 aromatic rings. The topological polar surface area (TPSA) is 81.4 Å². The van der Waals surface area contributed by atoms with Gasteiger partial charge in [-0.3, -0.25) is 4.79 Å². The van der Waals surface area contributed by atoms with Gasteiger partial charge in [0.05, 0.1) is 12.7 Å². The first-order valence-corrected chi connectivity index (χ1v) is 5.80. The number of halogens is 1. The average Bonchev–Trinajstić information content (AvgIpc) is 2.34. The highest BCUT2D eigenvalue weighted by molar-refractivity contribution is 6.00. The van der Waals surface area contributed by atoms with Gasteiger partial charge in [-0.15, -0.1) is 0 Å². The van der Waals surface area contributed by atoms with Gasteiger partial charge in [0.1, 0.15) is 11.9 Å². The highest BCUT2D eigenvalue weighted by Gasteiger charge is 2.26. The van der Waals surface area contributed by atoms with Crippen molar-refractivity contribution in [2.24, 2.45) is 5.92 Å². The second-order valence-corrected chi connectivity index (χ2v) is 4.45. The average molecular weight is 268 g/mol.